The number of halogens is 1. The van der Waals surface area contributed by atoms with Crippen LogP contribution < -0.4 is 19.5 Å². The van der Waals surface area contributed by atoms with Crippen molar-refractivity contribution in [1.82, 2.24) is 10.2 Å². The second-order valence-corrected chi connectivity index (χ2v) is 9.11. The van der Waals surface area contributed by atoms with Crippen molar-refractivity contribution < 1.29 is 33.7 Å². The molecule has 0 saturated heterocycles. The summed E-state index contributed by atoms with van der Waals surface area (Å²) < 4.78 is 16.3. The van der Waals surface area contributed by atoms with E-state index in [1.54, 1.807) is 61.6 Å². The second-order valence-electron chi connectivity index (χ2n) is 8.71. The third-order valence-electron chi connectivity index (χ3n) is 6.27. The number of hydrogen-bond donors (Lipinski definition) is 2. The smallest absolute Gasteiger partial charge is 0.415 e. The molecule has 0 aromatic heterocycles. The highest BCUT2D eigenvalue weighted by Crippen LogP contribution is 2.33. The van der Waals surface area contributed by atoms with Crippen molar-refractivity contribution in [2.45, 2.75) is 25.4 Å². The number of ether oxygens (including phenoxy) is 3. The lowest BCUT2D eigenvalue weighted by Gasteiger charge is -2.28. The number of fused-ring (bicyclic) bond motifs is 1. The van der Waals surface area contributed by atoms with E-state index in [2.05, 4.69) is 5.32 Å². The van der Waals surface area contributed by atoms with Gasteiger partial charge < -0.3 is 29.5 Å². The molecule has 0 bridgehead atoms. The Balaban J connectivity index is 1.37. The summed E-state index contributed by atoms with van der Waals surface area (Å²) >= 11 is 6.04. The monoisotopic (exact) mass is 538 g/mol. The molecular formula is C28H27ClN2O7. The van der Waals surface area contributed by atoms with E-state index in [4.69, 9.17) is 25.8 Å². The number of rotatable bonds is 8. The summed E-state index contributed by atoms with van der Waals surface area (Å²) in [6.07, 6.45) is 0.197. The fourth-order valence-corrected chi connectivity index (χ4v) is 4.44. The van der Waals surface area contributed by atoms with Crippen LogP contribution in [0.1, 0.15) is 27.0 Å². The zero-order valence-corrected chi connectivity index (χ0v) is 21.7. The van der Waals surface area contributed by atoms with Gasteiger partial charge in [0.15, 0.2) is 11.5 Å². The predicted octanol–water partition coefficient (Wildman–Crippen LogP) is 4.34. The number of carbonyl (C=O) groups is 3. The molecule has 0 aliphatic carbocycles. The number of carboxylic acids is 1. The van der Waals surface area contributed by atoms with Crippen molar-refractivity contribution >= 4 is 29.6 Å². The minimum absolute atomic E-state index is 0.0357. The van der Waals surface area contributed by atoms with Gasteiger partial charge in [-0.05, 0) is 59.5 Å². The Bertz CT molecular complexity index is 1340. The van der Waals surface area contributed by atoms with Crippen LogP contribution in [0.5, 0.6) is 17.2 Å². The number of aliphatic carboxylic acids is 1. The quantitative estimate of drug-likeness (QED) is 0.438. The maximum atomic E-state index is 12.8. The summed E-state index contributed by atoms with van der Waals surface area (Å²) in [5.74, 6) is -0.187. The molecule has 2 N–H and O–H groups in total. The van der Waals surface area contributed by atoms with Crippen LogP contribution in [0.3, 0.4) is 0 Å². The zero-order chi connectivity index (χ0) is 27.2. The van der Waals surface area contributed by atoms with E-state index in [1.807, 2.05) is 12.1 Å². The van der Waals surface area contributed by atoms with E-state index < -0.39 is 24.0 Å². The number of methoxy groups -OCH3 is 2. The summed E-state index contributed by atoms with van der Waals surface area (Å²) in [5.41, 5.74) is 2.88. The molecular weight excluding hydrogens is 512 g/mol. The van der Waals surface area contributed by atoms with Crippen LogP contribution in [0.15, 0.2) is 60.7 Å². The van der Waals surface area contributed by atoms with Crippen molar-refractivity contribution in [2.75, 3.05) is 20.8 Å². The molecule has 0 saturated carbocycles. The Morgan fingerprint density at radius 1 is 1.00 bits per heavy atom. The molecule has 0 spiro atoms. The number of nitrogens with one attached hydrogen (secondary N) is 1. The normalized spacial score (nSPS) is 13.2. The number of benzene rings is 3. The van der Waals surface area contributed by atoms with Gasteiger partial charge in [-0.3, -0.25) is 4.79 Å². The first-order chi connectivity index (χ1) is 18.3. The van der Waals surface area contributed by atoms with Gasteiger partial charge in [-0.15, -0.1) is 0 Å². The van der Waals surface area contributed by atoms with E-state index >= 15 is 0 Å². The van der Waals surface area contributed by atoms with Crippen molar-refractivity contribution in [3.63, 3.8) is 0 Å². The molecule has 10 heteroatoms. The van der Waals surface area contributed by atoms with Gasteiger partial charge in [-0.2, -0.15) is 0 Å². The molecule has 1 unspecified atom stereocenters. The molecule has 0 radical (unpaired) electrons. The maximum absolute atomic E-state index is 12.8. The molecule has 4 rings (SSSR count). The second kappa shape index (κ2) is 11.9. The zero-order valence-electron chi connectivity index (χ0n) is 20.9. The molecule has 0 fully saturated rings. The van der Waals surface area contributed by atoms with Gasteiger partial charge in [-0.25, -0.2) is 9.59 Å². The average Bonchev–Trinajstić information content (AvgIpc) is 2.92. The highest BCUT2D eigenvalue weighted by Gasteiger charge is 2.25. The predicted molar refractivity (Wildman–Crippen MR) is 140 cm³/mol. The minimum Gasteiger partial charge on any atom is -0.493 e. The van der Waals surface area contributed by atoms with Crippen LogP contribution in [0.2, 0.25) is 5.02 Å². The van der Waals surface area contributed by atoms with Gasteiger partial charge in [0, 0.05) is 19.5 Å². The first-order valence-electron chi connectivity index (χ1n) is 11.9. The standard InChI is InChI=1S/C28H27ClN2O7/c1-36-24-14-18-11-12-31(16-19(18)15-25(24)37-2)28(35)38-20-9-7-17(8-10-20)13-23(27(33)34)30-26(32)21-5-3-4-6-22(21)29/h3-10,14-15,23H,11-13,16H2,1-2H3,(H,30,32)(H,33,34). The summed E-state index contributed by atoms with van der Waals surface area (Å²) in [6, 6.07) is 15.5. The number of nitrogens with zero attached hydrogens (tertiary/aromatic N) is 1. The van der Waals surface area contributed by atoms with Gasteiger partial charge in [0.05, 0.1) is 24.8 Å². The summed E-state index contributed by atoms with van der Waals surface area (Å²) in [5, 5.41) is 12.3. The lowest BCUT2D eigenvalue weighted by Crippen LogP contribution is -2.42. The largest absolute Gasteiger partial charge is 0.493 e. The first kappa shape index (κ1) is 26.8. The molecule has 1 heterocycles. The third kappa shape index (κ3) is 6.18. The fraction of sp³-hybridized carbons (Fsp3) is 0.250. The first-order valence-corrected chi connectivity index (χ1v) is 12.2. The number of carboxylic acid groups (broad SMARTS) is 1. The Labute approximate surface area is 224 Å². The van der Waals surface area contributed by atoms with Crippen LogP contribution in [0.4, 0.5) is 4.79 Å². The molecule has 1 atom stereocenters. The summed E-state index contributed by atoms with van der Waals surface area (Å²) in [4.78, 5) is 38.7. The van der Waals surface area contributed by atoms with Crippen molar-refractivity contribution in [3.05, 3.63) is 87.9 Å². The van der Waals surface area contributed by atoms with Crippen LogP contribution in [-0.4, -0.2) is 54.8 Å². The number of carbonyl (C=O) groups excluding carboxylic acids is 2. The van der Waals surface area contributed by atoms with Gasteiger partial charge in [-0.1, -0.05) is 35.9 Å². The van der Waals surface area contributed by atoms with Crippen molar-refractivity contribution in [2.24, 2.45) is 0 Å². The highest BCUT2D eigenvalue weighted by atomic mass is 35.5. The SMILES string of the molecule is COc1cc2c(cc1OC)CN(C(=O)Oc1ccc(CC(NC(=O)c3ccccc3Cl)C(=O)O)cc1)CC2. The minimum atomic E-state index is -1.18. The summed E-state index contributed by atoms with van der Waals surface area (Å²) in [7, 11) is 3.15. The van der Waals surface area contributed by atoms with Gasteiger partial charge in [0.1, 0.15) is 11.8 Å². The Kier molecular flexibility index (Phi) is 8.38. The van der Waals surface area contributed by atoms with Gasteiger partial charge in [0.2, 0.25) is 0 Å². The third-order valence-corrected chi connectivity index (χ3v) is 6.60. The maximum Gasteiger partial charge on any atom is 0.415 e. The lowest BCUT2D eigenvalue weighted by atomic mass is 9.99. The fourth-order valence-electron chi connectivity index (χ4n) is 4.22. The molecule has 198 valence electrons. The van der Waals surface area contributed by atoms with Crippen LogP contribution in [0.25, 0.3) is 0 Å². The Hall–Kier alpha value is -4.24. The Morgan fingerprint density at radius 3 is 2.29 bits per heavy atom. The van der Waals surface area contributed by atoms with Gasteiger partial charge >= 0.3 is 12.1 Å². The Morgan fingerprint density at radius 2 is 1.66 bits per heavy atom. The topological polar surface area (TPSA) is 114 Å². The van der Waals surface area contributed by atoms with Crippen LogP contribution in [0, 0.1) is 0 Å². The molecule has 9 nitrogen and oxygen atoms in total. The number of hydrogen-bond acceptors (Lipinski definition) is 6. The average molecular weight is 539 g/mol. The highest BCUT2D eigenvalue weighted by molar-refractivity contribution is 6.33. The van der Waals surface area contributed by atoms with Gasteiger partial charge in [0.25, 0.3) is 5.91 Å². The van der Waals surface area contributed by atoms with E-state index in [1.165, 1.54) is 6.07 Å². The molecule has 1 aliphatic heterocycles. The van der Waals surface area contributed by atoms with E-state index in [0.29, 0.717) is 42.3 Å². The molecule has 2 amide bonds. The molecule has 1 aliphatic rings. The molecule has 3 aromatic rings. The van der Waals surface area contributed by atoms with Crippen molar-refractivity contribution in [1.29, 1.82) is 0 Å². The summed E-state index contributed by atoms with van der Waals surface area (Å²) in [6.45, 7) is 0.864. The number of amides is 2. The molecule has 3 aromatic carbocycles. The van der Waals surface area contributed by atoms with E-state index in [9.17, 15) is 19.5 Å². The molecule has 38 heavy (non-hydrogen) atoms. The van der Waals surface area contributed by atoms with Crippen molar-refractivity contribution in [3.8, 4) is 17.2 Å². The lowest BCUT2D eigenvalue weighted by molar-refractivity contribution is -0.139. The van der Waals surface area contributed by atoms with Crippen LogP contribution >= 0.6 is 11.6 Å². The van der Waals surface area contributed by atoms with Crippen LogP contribution in [-0.2, 0) is 24.2 Å². The van der Waals surface area contributed by atoms with E-state index in [0.717, 1.165) is 11.1 Å². The van der Waals surface area contributed by atoms with E-state index in [-0.39, 0.29) is 17.0 Å².